The lowest BCUT2D eigenvalue weighted by Crippen LogP contribution is -2.48. The van der Waals surface area contributed by atoms with Gasteiger partial charge in [0.2, 0.25) is 0 Å². The summed E-state index contributed by atoms with van der Waals surface area (Å²) in [7, 11) is 0. The molecule has 2 unspecified atom stereocenters. The van der Waals surface area contributed by atoms with Gasteiger partial charge in [-0.25, -0.2) is 0 Å². The van der Waals surface area contributed by atoms with Gasteiger partial charge in [0.05, 0.1) is 0 Å². The molecule has 1 saturated heterocycles. The lowest BCUT2D eigenvalue weighted by molar-refractivity contribution is -0.144. The predicted octanol–water partition coefficient (Wildman–Crippen LogP) is 1.95. The van der Waals surface area contributed by atoms with Crippen molar-refractivity contribution in [1.82, 2.24) is 10.2 Å². The molecule has 4 heteroatoms. The number of carboxylic acids is 1. The lowest BCUT2D eigenvalue weighted by Gasteiger charge is -2.36. The normalized spacial score (nSPS) is 23.2. The van der Waals surface area contributed by atoms with Crippen molar-refractivity contribution in [3.05, 3.63) is 0 Å². The van der Waals surface area contributed by atoms with Gasteiger partial charge in [-0.2, -0.15) is 0 Å². The second-order valence-corrected chi connectivity index (χ2v) is 5.71. The fourth-order valence-corrected chi connectivity index (χ4v) is 2.69. The molecule has 0 saturated carbocycles. The number of nitrogens with zero attached hydrogens (tertiary/aromatic N) is 1. The fourth-order valence-electron chi connectivity index (χ4n) is 2.69. The van der Waals surface area contributed by atoms with Gasteiger partial charge in [-0.05, 0) is 38.3 Å². The first-order valence-corrected chi connectivity index (χ1v) is 7.24. The maximum atomic E-state index is 11.3. The minimum Gasteiger partial charge on any atom is -0.480 e. The quantitative estimate of drug-likeness (QED) is 0.731. The van der Waals surface area contributed by atoms with Crippen molar-refractivity contribution < 1.29 is 9.90 Å². The molecule has 1 aliphatic heterocycles. The van der Waals surface area contributed by atoms with Gasteiger partial charge >= 0.3 is 5.97 Å². The van der Waals surface area contributed by atoms with Crippen molar-refractivity contribution in [2.45, 2.75) is 58.5 Å². The Hall–Kier alpha value is -0.610. The van der Waals surface area contributed by atoms with E-state index in [0.717, 1.165) is 38.9 Å². The van der Waals surface area contributed by atoms with Crippen LogP contribution in [-0.4, -0.2) is 47.7 Å². The molecule has 1 rings (SSSR count). The molecule has 2 N–H and O–H groups in total. The molecule has 0 amide bonds. The highest BCUT2D eigenvalue weighted by atomic mass is 16.4. The Morgan fingerprint density at radius 1 is 1.50 bits per heavy atom. The van der Waals surface area contributed by atoms with Crippen LogP contribution in [-0.2, 0) is 4.79 Å². The van der Waals surface area contributed by atoms with Crippen LogP contribution < -0.4 is 5.32 Å². The number of carboxylic acid groups (broad SMARTS) is 1. The molecule has 0 aromatic rings. The van der Waals surface area contributed by atoms with Crippen LogP contribution in [0.3, 0.4) is 0 Å². The fraction of sp³-hybridized carbons (Fsp3) is 0.929. The van der Waals surface area contributed by atoms with Crippen LogP contribution in [0.2, 0.25) is 0 Å². The van der Waals surface area contributed by atoms with Crippen molar-refractivity contribution in [1.29, 1.82) is 0 Å². The van der Waals surface area contributed by atoms with E-state index in [1.807, 2.05) is 0 Å². The van der Waals surface area contributed by atoms with E-state index in [0.29, 0.717) is 12.0 Å². The smallest absolute Gasteiger partial charge is 0.320 e. The van der Waals surface area contributed by atoms with E-state index in [4.69, 9.17) is 0 Å². The molecule has 2 atom stereocenters. The third-order valence-electron chi connectivity index (χ3n) is 3.65. The van der Waals surface area contributed by atoms with E-state index in [2.05, 4.69) is 31.0 Å². The minimum absolute atomic E-state index is 0.281. The summed E-state index contributed by atoms with van der Waals surface area (Å²) in [4.78, 5) is 13.5. The molecule has 4 nitrogen and oxygen atoms in total. The average Bonchev–Trinajstić information content (AvgIpc) is 2.33. The van der Waals surface area contributed by atoms with Crippen LogP contribution in [0, 0.1) is 5.92 Å². The summed E-state index contributed by atoms with van der Waals surface area (Å²) >= 11 is 0. The van der Waals surface area contributed by atoms with Crippen LogP contribution >= 0.6 is 0 Å². The molecular formula is C14H28N2O2. The Morgan fingerprint density at radius 3 is 2.78 bits per heavy atom. The standard InChI is InChI=1S/C14H28N2O2/c1-4-6-13(14(17)18)16-8-5-7-12(10-16)9-15-11(2)3/h11-13,15H,4-10H2,1-3H3,(H,17,18). The zero-order valence-corrected chi connectivity index (χ0v) is 12.0. The molecule has 1 heterocycles. The summed E-state index contributed by atoms with van der Waals surface area (Å²) in [6, 6.07) is 0.225. The van der Waals surface area contributed by atoms with Gasteiger partial charge in [-0.15, -0.1) is 0 Å². The van der Waals surface area contributed by atoms with Gasteiger partial charge in [-0.1, -0.05) is 27.2 Å². The number of nitrogens with one attached hydrogen (secondary N) is 1. The van der Waals surface area contributed by atoms with Crippen molar-refractivity contribution in [3.8, 4) is 0 Å². The number of likely N-dealkylation sites (tertiary alicyclic amines) is 1. The van der Waals surface area contributed by atoms with Crippen LogP contribution in [0.5, 0.6) is 0 Å². The summed E-state index contributed by atoms with van der Waals surface area (Å²) in [5.41, 5.74) is 0. The van der Waals surface area contributed by atoms with Crippen LogP contribution in [0.4, 0.5) is 0 Å². The predicted molar refractivity (Wildman–Crippen MR) is 73.8 cm³/mol. The number of rotatable bonds is 7. The highest BCUT2D eigenvalue weighted by Gasteiger charge is 2.29. The maximum absolute atomic E-state index is 11.3. The van der Waals surface area contributed by atoms with Gasteiger partial charge in [0, 0.05) is 12.6 Å². The van der Waals surface area contributed by atoms with Gasteiger partial charge in [0.15, 0.2) is 0 Å². The van der Waals surface area contributed by atoms with Crippen molar-refractivity contribution in [2.75, 3.05) is 19.6 Å². The first-order chi connectivity index (χ1) is 8.54. The van der Waals surface area contributed by atoms with E-state index in [-0.39, 0.29) is 6.04 Å². The number of piperidine rings is 1. The van der Waals surface area contributed by atoms with E-state index in [9.17, 15) is 9.90 Å². The number of hydrogen-bond acceptors (Lipinski definition) is 3. The Morgan fingerprint density at radius 2 is 2.22 bits per heavy atom. The van der Waals surface area contributed by atoms with E-state index in [1.54, 1.807) is 0 Å². The molecule has 106 valence electrons. The van der Waals surface area contributed by atoms with Gasteiger partial charge in [0.25, 0.3) is 0 Å². The first-order valence-electron chi connectivity index (χ1n) is 7.24. The second-order valence-electron chi connectivity index (χ2n) is 5.71. The van der Waals surface area contributed by atoms with Gasteiger partial charge < -0.3 is 10.4 Å². The Labute approximate surface area is 111 Å². The minimum atomic E-state index is -0.658. The number of hydrogen-bond donors (Lipinski definition) is 2. The van der Waals surface area contributed by atoms with E-state index >= 15 is 0 Å². The Balaban J connectivity index is 2.48. The van der Waals surface area contributed by atoms with Crippen LogP contribution in [0.1, 0.15) is 46.5 Å². The second kappa shape index (κ2) is 7.74. The van der Waals surface area contributed by atoms with Gasteiger partial charge in [-0.3, -0.25) is 9.69 Å². The number of carbonyl (C=O) groups is 1. The third-order valence-corrected chi connectivity index (χ3v) is 3.65. The molecule has 0 bridgehead atoms. The molecule has 0 aromatic carbocycles. The van der Waals surface area contributed by atoms with E-state index < -0.39 is 5.97 Å². The summed E-state index contributed by atoms with van der Waals surface area (Å²) in [6.07, 6.45) is 4.04. The van der Waals surface area contributed by atoms with E-state index in [1.165, 1.54) is 6.42 Å². The zero-order chi connectivity index (χ0) is 13.5. The molecule has 1 fully saturated rings. The van der Waals surface area contributed by atoms with Crippen molar-refractivity contribution in [3.63, 3.8) is 0 Å². The summed E-state index contributed by atoms with van der Waals surface area (Å²) in [5, 5.41) is 12.8. The number of aliphatic carboxylic acids is 1. The highest BCUT2D eigenvalue weighted by molar-refractivity contribution is 5.73. The highest BCUT2D eigenvalue weighted by Crippen LogP contribution is 2.20. The molecule has 1 aliphatic rings. The topological polar surface area (TPSA) is 52.6 Å². The molecule has 0 radical (unpaired) electrons. The van der Waals surface area contributed by atoms with Crippen LogP contribution in [0.15, 0.2) is 0 Å². The summed E-state index contributed by atoms with van der Waals surface area (Å²) in [6.45, 7) is 9.23. The largest absolute Gasteiger partial charge is 0.480 e. The summed E-state index contributed by atoms with van der Waals surface area (Å²) in [5.74, 6) is -0.0609. The Kier molecular flexibility index (Phi) is 6.65. The molecule has 18 heavy (non-hydrogen) atoms. The monoisotopic (exact) mass is 256 g/mol. The first kappa shape index (κ1) is 15.4. The van der Waals surface area contributed by atoms with Crippen LogP contribution in [0.25, 0.3) is 0 Å². The van der Waals surface area contributed by atoms with Crippen molar-refractivity contribution in [2.24, 2.45) is 5.92 Å². The lowest BCUT2D eigenvalue weighted by atomic mass is 9.95. The molecule has 0 spiro atoms. The van der Waals surface area contributed by atoms with Crippen molar-refractivity contribution >= 4 is 5.97 Å². The molecule has 0 aromatic heterocycles. The molecular weight excluding hydrogens is 228 g/mol. The van der Waals surface area contributed by atoms with Gasteiger partial charge in [0.1, 0.15) is 6.04 Å². The molecule has 0 aliphatic carbocycles. The maximum Gasteiger partial charge on any atom is 0.320 e. The SMILES string of the molecule is CCCC(C(=O)O)N1CCCC(CNC(C)C)C1. The Bertz CT molecular complexity index is 256. The average molecular weight is 256 g/mol. The third kappa shape index (κ3) is 4.94. The zero-order valence-electron chi connectivity index (χ0n) is 12.0. The summed E-state index contributed by atoms with van der Waals surface area (Å²) < 4.78 is 0.